The third-order valence-electron chi connectivity index (χ3n) is 4.18. The van der Waals surface area contributed by atoms with Crippen LogP contribution in [-0.4, -0.2) is 15.0 Å². The van der Waals surface area contributed by atoms with Crippen molar-refractivity contribution < 1.29 is 9.18 Å². The van der Waals surface area contributed by atoms with Gasteiger partial charge >= 0.3 is 5.69 Å². The van der Waals surface area contributed by atoms with Gasteiger partial charge in [0, 0.05) is 35.9 Å². The molecule has 1 N–H and O–H groups in total. The fourth-order valence-electron chi connectivity index (χ4n) is 2.70. The molecule has 9 heteroatoms. The van der Waals surface area contributed by atoms with Gasteiger partial charge in [-0.3, -0.25) is 14.2 Å². The predicted molar refractivity (Wildman–Crippen MR) is 109 cm³/mol. The molecule has 0 fully saturated rings. The van der Waals surface area contributed by atoms with E-state index in [0.717, 1.165) is 15.3 Å². The van der Waals surface area contributed by atoms with Crippen molar-refractivity contribution in [2.75, 3.05) is 5.32 Å². The number of hydrogen-bond donors (Lipinski definition) is 1. The Morgan fingerprint density at radius 3 is 2.46 bits per heavy atom. The first-order chi connectivity index (χ1) is 13.2. The highest BCUT2D eigenvalue weighted by Crippen LogP contribution is 2.36. The highest BCUT2D eigenvalue weighted by Gasteiger charge is 2.19. The summed E-state index contributed by atoms with van der Waals surface area (Å²) in [7, 11) is 2.67. The zero-order valence-corrected chi connectivity index (χ0v) is 17.1. The van der Waals surface area contributed by atoms with Gasteiger partial charge in [0.2, 0.25) is 0 Å². The molecule has 0 spiro atoms. The van der Waals surface area contributed by atoms with Crippen molar-refractivity contribution in [1.82, 2.24) is 9.13 Å². The lowest BCUT2D eigenvalue weighted by atomic mass is 10.0. The molecule has 2 aromatic carbocycles. The van der Waals surface area contributed by atoms with E-state index in [1.54, 1.807) is 24.3 Å². The molecule has 0 aliphatic heterocycles. The maximum atomic E-state index is 15.0. The number of aryl methyl sites for hydroxylation is 1. The molecular formula is C19H14BrClFN3O3. The van der Waals surface area contributed by atoms with Gasteiger partial charge in [-0.2, -0.15) is 0 Å². The fraction of sp³-hybridized carbons (Fsp3) is 0.105. The van der Waals surface area contributed by atoms with Gasteiger partial charge in [-0.25, -0.2) is 9.18 Å². The van der Waals surface area contributed by atoms with E-state index in [9.17, 15) is 14.4 Å². The second-order valence-corrected chi connectivity index (χ2v) is 7.26. The standard InChI is InChI=1S/C19H14BrClFN3O3/c1-24-9-12(18(27)25(2)19(24)28)17(26)23-14-8-4-6-11(16(14)22)10-5-3-7-13(20)15(10)21/h3-9H,1-2H3,(H,23,26). The maximum Gasteiger partial charge on any atom is 0.330 e. The summed E-state index contributed by atoms with van der Waals surface area (Å²) < 4.78 is 17.6. The number of carbonyl (C=O) groups is 1. The monoisotopic (exact) mass is 465 g/mol. The molecule has 0 radical (unpaired) electrons. The number of hydrogen-bond acceptors (Lipinski definition) is 3. The molecule has 0 aliphatic carbocycles. The van der Waals surface area contributed by atoms with Gasteiger partial charge < -0.3 is 9.88 Å². The second kappa shape index (κ2) is 7.73. The van der Waals surface area contributed by atoms with Crippen LogP contribution in [0.25, 0.3) is 11.1 Å². The molecule has 3 rings (SSSR count). The second-order valence-electron chi connectivity index (χ2n) is 6.02. The van der Waals surface area contributed by atoms with Crippen LogP contribution in [0.15, 0.2) is 56.7 Å². The lowest BCUT2D eigenvalue weighted by Crippen LogP contribution is -2.40. The molecule has 0 bridgehead atoms. The highest BCUT2D eigenvalue weighted by molar-refractivity contribution is 9.10. The molecule has 0 saturated heterocycles. The van der Waals surface area contributed by atoms with Crippen molar-refractivity contribution in [2.45, 2.75) is 0 Å². The van der Waals surface area contributed by atoms with E-state index in [4.69, 9.17) is 11.6 Å². The summed E-state index contributed by atoms with van der Waals surface area (Å²) in [5.41, 5.74) is -1.10. The minimum absolute atomic E-state index is 0.116. The summed E-state index contributed by atoms with van der Waals surface area (Å²) >= 11 is 9.54. The average molecular weight is 467 g/mol. The third-order valence-corrected chi connectivity index (χ3v) is 5.48. The smallest absolute Gasteiger partial charge is 0.319 e. The predicted octanol–water partition coefficient (Wildman–Crippen LogP) is 3.56. The molecule has 0 atom stereocenters. The van der Waals surface area contributed by atoms with Gasteiger partial charge in [-0.1, -0.05) is 35.9 Å². The average Bonchev–Trinajstić information content (AvgIpc) is 2.67. The van der Waals surface area contributed by atoms with Crippen LogP contribution in [0, 0.1) is 5.82 Å². The van der Waals surface area contributed by atoms with Gasteiger partial charge in [-0.15, -0.1) is 0 Å². The molecule has 6 nitrogen and oxygen atoms in total. The van der Waals surface area contributed by atoms with E-state index >= 15 is 4.39 Å². The Morgan fingerprint density at radius 2 is 1.75 bits per heavy atom. The van der Waals surface area contributed by atoms with Crippen LogP contribution in [-0.2, 0) is 14.1 Å². The Hall–Kier alpha value is -2.71. The first-order valence-corrected chi connectivity index (χ1v) is 9.20. The first kappa shape index (κ1) is 20.0. The zero-order valence-electron chi connectivity index (χ0n) is 14.8. The highest BCUT2D eigenvalue weighted by atomic mass is 79.9. The fourth-order valence-corrected chi connectivity index (χ4v) is 3.30. The molecule has 0 unspecified atom stereocenters. The molecule has 1 aromatic heterocycles. The summed E-state index contributed by atoms with van der Waals surface area (Å²) in [6.07, 6.45) is 1.12. The van der Waals surface area contributed by atoms with Crippen LogP contribution in [0.1, 0.15) is 10.4 Å². The summed E-state index contributed by atoms with van der Waals surface area (Å²) in [6.45, 7) is 0. The number of rotatable bonds is 3. The topological polar surface area (TPSA) is 73.1 Å². The van der Waals surface area contributed by atoms with Crippen LogP contribution in [0.5, 0.6) is 0 Å². The quantitative estimate of drug-likeness (QED) is 0.641. The maximum absolute atomic E-state index is 15.0. The van der Waals surface area contributed by atoms with Crippen molar-refractivity contribution >= 4 is 39.1 Å². The summed E-state index contributed by atoms with van der Waals surface area (Å²) in [6, 6.07) is 9.55. The van der Waals surface area contributed by atoms with Crippen LogP contribution in [0.4, 0.5) is 10.1 Å². The molecule has 1 amide bonds. The van der Waals surface area contributed by atoms with E-state index in [-0.39, 0.29) is 16.8 Å². The normalized spacial score (nSPS) is 10.8. The third kappa shape index (κ3) is 3.53. The number of halogens is 3. The molecule has 144 valence electrons. The van der Waals surface area contributed by atoms with Crippen molar-refractivity contribution in [3.63, 3.8) is 0 Å². The largest absolute Gasteiger partial charge is 0.330 e. The minimum Gasteiger partial charge on any atom is -0.319 e. The molecule has 28 heavy (non-hydrogen) atoms. The Labute approximate surface area is 172 Å². The Bertz CT molecular complexity index is 1220. The van der Waals surface area contributed by atoms with E-state index in [0.29, 0.717) is 15.1 Å². The minimum atomic E-state index is -0.826. The lowest BCUT2D eigenvalue weighted by Gasteiger charge is -2.12. The zero-order chi connectivity index (χ0) is 20.6. The Balaban J connectivity index is 2.03. The molecule has 0 saturated carbocycles. The van der Waals surface area contributed by atoms with Crippen molar-refractivity contribution in [1.29, 1.82) is 0 Å². The molecule has 0 aliphatic rings. The van der Waals surface area contributed by atoms with Gasteiger partial charge in [-0.05, 0) is 28.1 Å². The van der Waals surface area contributed by atoms with Crippen LogP contribution in [0.2, 0.25) is 5.02 Å². The van der Waals surface area contributed by atoms with Gasteiger partial charge in [0.05, 0.1) is 10.7 Å². The summed E-state index contributed by atoms with van der Waals surface area (Å²) in [5.74, 6) is -1.52. The van der Waals surface area contributed by atoms with Gasteiger partial charge in [0.25, 0.3) is 11.5 Å². The lowest BCUT2D eigenvalue weighted by molar-refractivity contribution is 0.102. The number of carbonyl (C=O) groups excluding carboxylic acids is 1. The van der Waals surface area contributed by atoms with Gasteiger partial charge in [0.1, 0.15) is 5.56 Å². The summed E-state index contributed by atoms with van der Waals surface area (Å²) in [5, 5.41) is 2.72. The van der Waals surface area contributed by atoms with Crippen molar-refractivity contribution in [2.24, 2.45) is 14.1 Å². The molecule has 3 aromatic rings. The van der Waals surface area contributed by atoms with Crippen molar-refractivity contribution in [3.8, 4) is 11.1 Å². The first-order valence-electron chi connectivity index (χ1n) is 8.03. The Morgan fingerprint density at radius 1 is 1.11 bits per heavy atom. The Kier molecular flexibility index (Phi) is 5.53. The number of anilines is 1. The van der Waals surface area contributed by atoms with E-state index < -0.39 is 23.0 Å². The van der Waals surface area contributed by atoms with Gasteiger partial charge in [0.15, 0.2) is 5.82 Å². The molecular weight excluding hydrogens is 453 g/mol. The van der Waals surface area contributed by atoms with Crippen LogP contribution < -0.4 is 16.6 Å². The van der Waals surface area contributed by atoms with Crippen LogP contribution >= 0.6 is 27.5 Å². The van der Waals surface area contributed by atoms with Crippen LogP contribution in [0.3, 0.4) is 0 Å². The SMILES string of the molecule is Cn1cc(C(=O)Nc2cccc(-c3cccc(Br)c3Cl)c2F)c(=O)n(C)c1=O. The van der Waals surface area contributed by atoms with E-state index in [1.807, 2.05) is 0 Å². The number of nitrogens with one attached hydrogen (secondary N) is 1. The number of benzene rings is 2. The number of amides is 1. The van der Waals surface area contributed by atoms with E-state index in [1.165, 1.54) is 26.2 Å². The van der Waals surface area contributed by atoms with Crippen molar-refractivity contribution in [3.05, 3.63) is 84.3 Å². The number of aromatic nitrogens is 2. The number of nitrogens with zero attached hydrogens (tertiary/aromatic N) is 2. The van der Waals surface area contributed by atoms with E-state index in [2.05, 4.69) is 21.2 Å². The summed E-state index contributed by atoms with van der Waals surface area (Å²) in [4.78, 5) is 36.5. The molecule has 1 heterocycles.